The van der Waals surface area contributed by atoms with Crippen LogP contribution in [0, 0.1) is 5.92 Å². The summed E-state index contributed by atoms with van der Waals surface area (Å²) in [6, 6.07) is 6.14. The fraction of sp³-hybridized carbons (Fsp3) is 0.708. The Labute approximate surface area is 186 Å². The number of guanidine groups is 1. The minimum absolute atomic E-state index is 0.324. The van der Waals surface area contributed by atoms with Crippen LogP contribution in [0.1, 0.15) is 37.7 Å². The minimum atomic E-state index is 0.324. The second-order valence-electron chi connectivity index (χ2n) is 8.91. The lowest BCUT2D eigenvalue weighted by Crippen LogP contribution is -2.42. The summed E-state index contributed by atoms with van der Waals surface area (Å²) in [6.07, 6.45) is 6.35. The van der Waals surface area contributed by atoms with Crippen molar-refractivity contribution in [3.05, 3.63) is 23.8 Å². The van der Waals surface area contributed by atoms with Crippen molar-refractivity contribution >= 4 is 5.96 Å². The first-order valence-electron chi connectivity index (χ1n) is 11.8. The summed E-state index contributed by atoms with van der Waals surface area (Å²) in [4.78, 5) is 9.50. The molecule has 2 saturated heterocycles. The van der Waals surface area contributed by atoms with Gasteiger partial charge in [0.05, 0.1) is 26.4 Å². The highest BCUT2D eigenvalue weighted by Gasteiger charge is 2.27. The summed E-state index contributed by atoms with van der Waals surface area (Å²) in [5, 5.41) is 3.58. The third-order valence-electron chi connectivity index (χ3n) is 6.72. The summed E-state index contributed by atoms with van der Waals surface area (Å²) in [5.41, 5.74) is 1.15. The van der Waals surface area contributed by atoms with E-state index in [4.69, 9.17) is 14.2 Å². The molecule has 1 aromatic rings. The van der Waals surface area contributed by atoms with Gasteiger partial charge >= 0.3 is 0 Å². The Kier molecular flexibility index (Phi) is 7.92. The summed E-state index contributed by atoms with van der Waals surface area (Å²) in [6.45, 7) is 7.83. The molecule has 1 unspecified atom stereocenters. The van der Waals surface area contributed by atoms with Gasteiger partial charge in [0, 0.05) is 57.9 Å². The standard InChI is InChI=1S/C24H38N4O3/c1-25-24(28-10-9-19(18-28)17-27-11-13-30-14-12-27)26-16-20-7-8-22(29-2)15-23(20)31-21-5-3-4-6-21/h7-8,15,19,21H,3-6,9-14,16-18H2,1-2H3,(H,25,26). The van der Waals surface area contributed by atoms with Crippen LogP contribution >= 0.6 is 0 Å². The van der Waals surface area contributed by atoms with E-state index in [1.165, 1.54) is 19.3 Å². The van der Waals surface area contributed by atoms with E-state index < -0.39 is 0 Å². The van der Waals surface area contributed by atoms with Gasteiger partial charge in [0.15, 0.2) is 5.96 Å². The molecule has 2 aliphatic heterocycles. The molecule has 7 heteroatoms. The van der Waals surface area contributed by atoms with Crippen molar-refractivity contribution in [2.75, 3.05) is 60.1 Å². The number of hydrogen-bond donors (Lipinski definition) is 1. The molecule has 1 N–H and O–H groups in total. The number of benzene rings is 1. The van der Waals surface area contributed by atoms with Crippen LogP contribution in [0.2, 0.25) is 0 Å². The summed E-state index contributed by atoms with van der Waals surface area (Å²) in [7, 11) is 3.58. The van der Waals surface area contributed by atoms with E-state index in [1.807, 2.05) is 19.2 Å². The second-order valence-corrected chi connectivity index (χ2v) is 8.91. The zero-order valence-corrected chi connectivity index (χ0v) is 19.1. The fourth-order valence-corrected chi connectivity index (χ4v) is 4.93. The predicted octanol–water partition coefficient (Wildman–Crippen LogP) is 2.75. The van der Waals surface area contributed by atoms with E-state index in [-0.39, 0.29) is 0 Å². The predicted molar refractivity (Wildman–Crippen MR) is 123 cm³/mol. The fourth-order valence-electron chi connectivity index (χ4n) is 4.93. The third kappa shape index (κ3) is 6.04. The number of morpholine rings is 1. The van der Waals surface area contributed by atoms with Crippen LogP contribution in [-0.2, 0) is 11.3 Å². The van der Waals surface area contributed by atoms with Crippen molar-refractivity contribution in [2.24, 2.45) is 10.9 Å². The Morgan fingerprint density at radius 1 is 1.16 bits per heavy atom. The lowest BCUT2D eigenvalue weighted by molar-refractivity contribution is 0.0315. The maximum atomic E-state index is 6.35. The highest BCUT2D eigenvalue weighted by molar-refractivity contribution is 5.80. The van der Waals surface area contributed by atoms with Crippen LogP contribution in [0.15, 0.2) is 23.2 Å². The molecule has 2 heterocycles. The number of likely N-dealkylation sites (tertiary alicyclic amines) is 1. The number of nitrogens with one attached hydrogen (secondary N) is 1. The number of ether oxygens (including phenoxy) is 3. The molecule has 1 atom stereocenters. The van der Waals surface area contributed by atoms with Crippen LogP contribution in [0.5, 0.6) is 11.5 Å². The van der Waals surface area contributed by atoms with Crippen molar-refractivity contribution < 1.29 is 14.2 Å². The van der Waals surface area contributed by atoms with Gasteiger partial charge in [-0.3, -0.25) is 9.89 Å². The number of hydrogen-bond acceptors (Lipinski definition) is 5. The van der Waals surface area contributed by atoms with E-state index in [0.29, 0.717) is 18.6 Å². The molecule has 0 bridgehead atoms. The number of methoxy groups -OCH3 is 1. The van der Waals surface area contributed by atoms with Gasteiger partial charge in [0.1, 0.15) is 11.5 Å². The van der Waals surface area contributed by atoms with E-state index in [1.54, 1.807) is 7.11 Å². The van der Waals surface area contributed by atoms with Gasteiger partial charge in [-0.1, -0.05) is 0 Å². The summed E-state index contributed by atoms with van der Waals surface area (Å²) >= 11 is 0. The van der Waals surface area contributed by atoms with Gasteiger partial charge in [0.2, 0.25) is 0 Å². The van der Waals surface area contributed by atoms with Crippen molar-refractivity contribution in [3.63, 3.8) is 0 Å². The average molecular weight is 431 g/mol. The second kappa shape index (κ2) is 11.0. The van der Waals surface area contributed by atoms with Gasteiger partial charge in [-0.15, -0.1) is 0 Å². The first-order chi connectivity index (χ1) is 15.2. The smallest absolute Gasteiger partial charge is 0.193 e. The van der Waals surface area contributed by atoms with Crippen molar-refractivity contribution in [2.45, 2.75) is 44.8 Å². The highest BCUT2D eigenvalue weighted by atomic mass is 16.5. The first kappa shape index (κ1) is 22.2. The Bertz CT molecular complexity index is 730. The van der Waals surface area contributed by atoms with Crippen LogP contribution < -0.4 is 14.8 Å². The van der Waals surface area contributed by atoms with Gasteiger partial charge in [-0.05, 0) is 50.2 Å². The Morgan fingerprint density at radius 3 is 2.71 bits per heavy atom. The molecule has 1 aliphatic carbocycles. The molecule has 7 nitrogen and oxygen atoms in total. The highest BCUT2D eigenvalue weighted by Crippen LogP contribution is 2.30. The molecular weight excluding hydrogens is 392 g/mol. The molecule has 3 aliphatic rings. The van der Waals surface area contributed by atoms with Crippen molar-refractivity contribution in [1.82, 2.24) is 15.1 Å². The molecule has 0 aromatic heterocycles. The Balaban J connectivity index is 1.33. The molecular formula is C24H38N4O3. The summed E-state index contributed by atoms with van der Waals surface area (Å²) in [5.74, 6) is 3.44. The van der Waals surface area contributed by atoms with Gasteiger partial charge in [-0.25, -0.2) is 0 Å². The third-order valence-corrected chi connectivity index (χ3v) is 6.72. The summed E-state index contributed by atoms with van der Waals surface area (Å²) < 4.78 is 17.3. The molecule has 1 aromatic carbocycles. The minimum Gasteiger partial charge on any atom is -0.497 e. The van der Waals surface area contributed by atoms with E-state index >= 15 is 0 Å². The number of rotatable bonds is 7. The zero-order valence-electron chi connectivity index (χ0n) is 19.1. The van der Waals surface area contributed by atoms with Crippen molar-refractivity contribution in [3.8, 4) is 11.5 Å². The van der Waals surface area contributed by atoms with Crippen LogP contribution in [0.4, 0.5) is 0 Å². The molecule has 0 radical (unpaired) electrons. The molecule has 4 rings (SSSR count). The lowest BCUT2D eigenvalue weighted by atomic mass is 10.1. The van der Waals surface area contributed by atoms with Crippen LogP contribution in [0.3, 0.4) is 0 Å². The van der Waals surface area contributed by atoms with Crippen LogP contribution in [0.25, 0.3) is 0 Å². The first-order valence-corrected chi connectivity index (χ1v) is 11.8. The lowest BCUT2D eigenvalue weighted by Gasteiger charge is -2.29. The Morgan fingerprint density at radius 2 is 1.97 bits per heavy atom. The van der Waals surface area contributed by atoms with Gasteiger partial charge < -0.3 is 24.4 Å². The van der Waals surface area contributed by atoms with Crippen molar-refractivity contribution in [1.29, 1.82) is 0 Å². The molecule has 0 amide bonds. The molecule has 3 fully saturated rings. The van der Waals surface area contributed by atoms with E-state index in [2.05, 4.69) is 26.2 Å². The van der Waals surface area contributed by atoms with E-state index in [0.717, 1.165) is 81.8 Å². The molecule has 31 heavy (non-hydrogen) atoms. The van der Waals surface area contributed by atoms with E-state index in [9.17, 15) is 0 Å². The molecule has 1 saturated carbocycles. The monoisotopic (exact) mass is 430 g/mol. The van der Waals surface area contributed by atoms with Gasteiger partial charge in [-0.2, -0.15) is 0 Å². The number of nitrogens with zero attached hydrogens (tertiary/aromatic N) is 3. The quantitative estimate of drug-likeness (QED) is 0.530. The average Bonchev–Trinajstić information content (AvgIpc) is 3.48. The maximum absolute atomic E-state index is 6.35. The Hall–Kier alpha value is -1.99. The van der Waals surface area contributed by atoms with Gasteiger partial charge in [0.25, 0.3) is 0 Å². The largest absolute Gasteiger partial charge is 0.497 e. The number of aliphatic imine (C=N–C) groups is 1. The maximum Gasteiger partial charge on any atom is 0.193 e. The topological polar surface area (TPSA) is 58.6 Å². The molecule has 0 spiro atoms. The zero-order chi connectivity index (χ0) is 21.5. The molecule has 172 valence electrons. The van der Waals surface area contributed by atoms with Crippen LogP contribution in [-0.4, -0.2) is 82.0 Å². The SMILES string of the molecule is CN=C(NCc1ccc(OC)cc1OC1CCCC1)N1CCC(CN2CCOCC2)C1. The normalized spacial score (nSPS) is 23.4.